The van der Waals surface area contributed by atoms with Crippen molar-refractivity contribution in [2.45, 2.75) is 38.4 Å². The van der Waals surface area contributed by atoms with E-state index >= 15 is 0 Å². The second-order valence-corrected chi connectivity index (χ2v) is 8.78. The Balaban J connectivity index is 1.37. The minimum absolute atomic E-state index is 0.0236. The molecule has 7 nitrogen and oxygen atoms in total. The van der Waals surface area contributed by atoms with Crippen molar-refractivity contribution in [3.8, 4) is 0 Å². The number of pyridine rings is 1. The van der Waals surface area contributed by atoms with Crippen LogP contribution in [0.3, 0.4) is 0 Å². The van der Waals surface area contributed by atoms with Gasteiger partial charge in [-0.05, 0) is 35.9 Å². The Bertz CT molecular complexity index is 1100. The maximum Gasteiger partial charge on any atom is 0.264 e. The molecule has 0 bridgehead atoms. The van der Waals surface area contributed by atoms with Gasteiger partial charge in [0.2, 0.25) is 0 Å². The summed E-state index contributed by atoms with van der Waals surface area (Å²) in [4.78, 5) is 42.6. The Morgan fingerprint density at radius 1 is 1.27 bits per heavy atom. The van der Waals surface area contributed by atoms with Crippen LogP contribution < -0.4 is 5.56 Å². The second-order valence-electron chi connectivity index (χ2n) is 7.83. The number of aromatic amines is 1. The Kier molecular flexibility index (Phi) is 5.18. The van der Waals surface area contributed by atoms with Gasteiger partial charge in [-0.3, -0.25) is 19.5 Å². The summed E-state index contributed by atoms with van der Waals surface area (Å²) in [5.41, 5.74) is 2.66. The van der Waals surface area contributed by atoms with Gasteiger partial charge >= 0.3 is 0 Å². The van der Waals surface area contributed by atoms with Crippen LogP contribution in [-0.4, -0.2) is 43.7 Å². The van der Waals surface area contributed by atoms with Crippen molar-refractivity contribution in [2.24, 2.45) is 0 Å². The molecule has 0 aliphatic carbocycles. The molecule has 8 heteroatoms. The third-order valence-electron chi connectivity index (χ3n) is 5.86. The number of thiophene rings is 1. The average Bonchev–Trinajstić information content (AvgIpc) is 3.47. The van der Waals surface area contributed by atoms with Crippen LogP contribution in [0.15, 0.2) is 46.8 Å². The molecule has 3 aromatic rings. The third-order valence-corrected chi connectivity index (χ3v) is 6.71. The topological polar surface area (TPSA) is 82.2 Å². The molecule has 0 aromatic carbocycles. The standard InChI is InChI=1S/C22H23N5O2S/c28-21-16-14-26(13-15-4-1-8-23-12-15)10-7-17(16)24-20(25-21)18-5-2-9-27(18)22(29)19-6-3-11-30-19/h1,3-4,6,8,11-12,18H,2,5,7,9-10,13-14H2,(H,24,25,28)/t18-/m1/s1. The maximum atomic E-state index is 12.9. The number of rotatable bonds is 4. The van der Waals surface area contributed by atoms with E-state index in [9.17, 15) is 9.59 Å². The van der Waals surface area contributed by atoms with Crippen LogP contribution in [0.4, 0.5) is 0 Å². The first-order valence-electron chi connectivity index (χ1n) is 10.3. The zero-order valence-corrected chi connectivity index (χ0v) is 17.4. The van der Waals surface area contributed by atoms with Gasteiger partial charge in [-0.2, -0.15) is 0 Å². The number of likely N-dealkylation sites (tertiary alicyclic amines) is 1. The molecule has 5 heterocycles. The number of hydrogen-bond acceptors (Lipinski definition) is 6. The smallest absolute Gasteiger partial charge is 0.264 e. The van der Waals surface area contributed by atoms with Gasteiger partial charge in [0.25, 0.3) is 11.5 Å². The van der Waals surface area contributed by atoms with E-state index in [0.717, 1.165) is 54.0 Å². The summed E-state index contributed by atoms with van der Waals surface area (Å²) >= 11 is 1.45. The molecule has 3 aromatic heterocycles. The SMILES string of the molecule is O=C(c1cccs1)N1CCC[C@@H]1c1nc2c(c(=O)[nH]1)CN(Cc1cccnc1)CC2. The summed E-state index contributed by atoms with van der Waals surface area (Å²) in [7, 11) is 0. The fourth-order valence-corrected chi connectivity index (χ4v) is 5.06. The molecule has 1 saturated heterocycles. The predicted molar refractivity (Wildman–Crippen MR) is 114 cm³/mol. The number of H-pyrrole nitrogens is 1. The molecule has 0 unspecified atom stereocenters. The van der Waals surface area contributed by atoms with Gasteiger partial charge in [-0.15, -0.1) is 11.3 Å². The highest BCUT2D eigenvalue weighted by Crippen LogP contribution is 2.32. The fourth-order valence-electron chi connectivity index (χ4n) is 4.38. The van der Waals surface area contributed by atoms with Crippen molar-refractivity contribution in [3.05, 3.63) is 79.9 Å². The van der Waals surface area contributed by atoms with Crippen LogP contribution in [0.25, 0.3) is 0 Å². The number of amides is 1. The van der Waals surface area contributed by atoms with Crippen molar-refractivity contribution < 1.29 is 4.79 Å². The number of nitrogens with one attached hydrogen (secondary N) is 1. The molecule has 0 spiro atoms. The van der Waals surface area contributed by atoms with Gasteiger partial charge in [-0.25, -0.2) is 4.98 Å². The average molecular weight is 422 g/mol. The van der Waals surface area contributed by atoms with Gasteiger partial charge in [0, 0.05) is 45.0 Å². The van der Waals surface area contributed by atoms with Gasteiger partial charge in [0.1, 0.15) is 5.82 Å². The van der Waals surface area contributed by atoms with Gasteiger partial charge < -0.3 is 9.88 Å². The number of carbonyl (C=O) groups excluding carboxylic acids is 1. The summed E-state index contributed by atoms with van der Waals surface area (Å²) < 4.78 is 0. The Morgan fingerprint density at radius 3 is 3.00 bits per heavy atom. The van der Waals surface area contributed by atoms with Crippen LogP contribution in [0.1, 0.15) is 51.2 Å². The lowest BCUT2D eigenvalue weighted by molar-refractivity contribution is 0.0734. The van der Waals surface area contributed by atoms with Crippen molar-refractivity contribution in [2.75, 3.05) is 13.1 Å². The number of hydrogen-bond donors (Lipinski definition) is 1. The van der Waals surface area contributed by atoms with Crippen molar-refractivity contribution in [3.63, 3.8) is 0 Å². The van der Waals surface area contributed by atoms with E-state index in [2.05, 4.69) is 14.9 Å². The van der Waals surface area contributed by atoms with E-state index in [-0.39, 0.29) is 17.5 Å². The van der Waals surface area contributed by atoms with E-state index in [1.165, 1.54) is 11.3 Å². The third kappa shape index (κ3) is 3.68. The first-order valence-corrected chi connectivity index (χ1v) is 11.1. The molecule has 1 fully saturated rings. The minimum Gasteiger partial charge on any atom is -0.328 e. The molecular formula is C22H23N5O2S. The molecule has 30 heavy (non-hydrogen) atoms. The quantitative estimate of drug-likeness (QED) is 0.701. The zero-order chi connectivity index (χ0) is 20.5. The van der Waals surface area contributed by atoms with Gasteiger partial charge in [0.05, 0.1) is 22.2 Å². The summed E-state index contributed by atoms with van der Waals surface area (Å²) in [5.74, 6) is 0.650. The van der Waals surface area contributed by atoms with Crippen molar-refractivity contribution in [1.82, 2.24) is 24.8 Å². The molecule has 2 aliphatic heterocycles. The molecule has 0 radical (unpaired) electrons. The van der Waals surface area contributed by atoms with Crippen molar-refractivity contribution in [1.29, 1.82) is 0 Å². The molecular weight excluding hydrogens is 398 g/mol. The zero-order valence-electron chi connectivity index (χ0n) is 16.6. The normalized spacial score (nSPS) is 19.1. The van der Waals surface area contributed by atoms with E-state index in [1.54, 1.807) is 6.20 Å². The Hall–Kier alpha value is -2.84. The lowest BCUT2D eigenvalue weighted by Crippen LogP contribution is -2.37. The van der Waals surface area contributed by atoms with Crippen molar-refractivity contribution >= 4 is 17.2 Å². The van der Waals surface area contributed by atoms with E-state index < -0.39 is 0 Å². The monoisotopic (exact) mass is 421 g/mol. The van der Waals surface area contributed by atoms with Crippen LogP contribution in [0.5, 0.6) is 0 Å². The molecule has 1 atom stereocenters. The van der Waals surface area contributed by atoms with E-state index in [4.69, 9.17) is 4.98 Å². The number of aromatic nitrogens is 3. The summed E-state index contributed by atoms with van der Waals surface area (Å²) in [6.45, 7) is 2.89. The largest absolute Gasteiger partial charge is 0.328 e. The first-order chi connectivity index (χ1) is 14.7. The fraction of sp³-hybridized carbons (Fsp3) is 0.364. The highest BCUT2D eigenvalue weighted by Gasteiger charge is 2.34. The Labute approximate surface area is 178 Å². The lowest BCUT2D eigenvalue weighted by Gasteiger charge is -2.29. The van der Waals surface area contributed by atoms with Crippen LogP contribution in [-0.2, 0) is 19.5 Å². The van der Waals surface area contributed by atoms with E-state index in [1.807, 2.05) is 40.7 Å². The van der Waals surface area contributed by atoms with E-state index in [0.29, 0.717) is 18.9 Å². The molecule has 1 amide bonds. The maximum absolute atomic E-state index is 12.9. The van der Waals surface area contributed by atoms with Crippen LogP contribution in [0.2, 0.25) is 0 Å². The molecule has 2 aliphatic rings. The Morgan fingerprint density at radius 2 is 2.20 bits per heavy atom. The van der Waals surface area contributed by atoms with Gasteiger partial charge in [0.15, 0.2) is 0 Å². The number of fused-ring (bicyclic) bond motifs is 1. The summed E-state index contributed by atoms with van der Waals surface area (Å²) in [5, 5.41) is 1.91. The number of nitrogens with zero attached hydrogens (tertiary/aromatic N) is 4. The van der Waals surface area contributed by atoms with Crippen LogP contribution >= 0.6 is 11.3 Å². The summed E-state index contributed by atoms with van der Waals surface area (Å²) in [6.07, 6.45) is 6.10. The summed E-state index contributed by atoms with van der Waals surface area (Å²) in [6, 6.07) is 7.55. The molecule has 1 N–H and O–H groups in total. The molecule has 5 rings (SSSR count). The highest BCUT2D eigenvalue weighted by molar-refractivity contribution is 7.12. The minimum atomic E-state index is -0.161. The second kappa shape index (κ2) is 8.12. The predicted octanol–water partition coefficient (Wildman–Crippen LogP) is 2.76. The lowest BCUT2D eigenvalue weighted by atomic mass is 10.1. The molecule has 0 saturated carbocycles. The van der Waals surface area contributed by atoms with Crippen LogP contribution in [0, 0.1) is 0 Å². The first kappa shape index (κ1) is 19.1. The molecule has 154 valence electrons. The van der Waals surface area contributed by atoms with Gasteiger partial charge in [-0.1, -0.05) is 12.1 Å². The highest BCUT2D eigenvalue weighted by atomic mass is 32.1. The number of carbonyl (C=O) groups is 1.